The predicted octanol–water partition coefficient (Wildman–Crippen LogP) is 0.618. The molecule has 1 aromatic heterocycles. The van der Waals surface area contributed by atoms with Crippen LogP contribution in [-0.2, 0) is 26.1 Å². The Morgan fingerprint density at radius 2 is 2.15 bits per heavy atom. The van der Waals surface area contributed by atoms with E-state index in [-0.39, 0.29) is 32.1 Å². The first kappa shape index (κ1) is 19.5. The average Bonchev–Trinajstić information content (AvgIpc) is 3.16. The van der Waals surface area contributed by atoms with Crippen molar-refractivity contribution in [2.45, 2.75) is 23.9 Å². The van der Waals surface area contributed by atoms with Gasteiger partial charge in [0.15, 0.2) is 0 Å². The number of amides is 1. The van der Waals surface area contributed by atoms with E-state index in [1.165, 1.54) is 18.2 Å². The van der Waals surface area contributed by atoms with Crippen LogP contribution in [0.3, 0.4) is 0 Å². The van der Waals surface area contributed by atoms with Crippen LogP contribution in [0.15, 0.2) is 47.6 Å². The number of hydrogen-bond acceptors (Lipinski definition) is 5. The minimum atomic E-state index is -4.06. The van der Waals surface area contributed by atoms with E-state index in [0.717, 1.165) is 10.4 Å². The monoisotopic (exact) mass is 396 g/mol. The van der Waals surface area contributed by atoms with Gasteiger partial charge in [0.2, 0.25) is 15.9 Å². The second-order valence-corrected chi connectivity index (χ2v) is 7.96. The number of hydrogen-bond donors (Lipinski definition) is 1. The molecule has 0 bridgehead atoms. The summed E-state index contributed by atoms with van der Waals surface area (Å²) in [5, 5.41) is 6.78. The molecule has 2 heterocycles. The lowest BCUT2D eigenvalue weighted by Gasteiger charge is -2.34. The Labute approximate surface area is 157 Å². The van der Waals surface area contributed by atoms with E-state index in [1.807, 2.05) is 0 Å². The summed E-state index contributed by atoms with van der Waals surface area (Å²) in [4.78, 5) is 11.8. The molecular formula is C17H21FN4O4S. The highest BCUT2D eigenvalue weighted by atomic mass is 32.2. The molecular weight excluding hydrogens is 375 g/mol. The van der Waals surface area contributed by atoms with Crippen LogP contribution in [-0.4, -0.2) is 60.8 Å². The molecule has 27 heavy (non-hydrogen) atoms. The Bertz CT molecular complexity index is 873. The third-order valence-electron chi connectivity index (χ3n) is 4.24. The molecule has 2 aromatic rings. The van der Waals surface area contributed by atoms with E-state index in [0.29, 0.717) is 13.1 Å². The van der Waals surface area contributed by atoms with Gasteiger partial charge in [0.25, 0.3) is 0 Å². The van der Waals surface area contributed by atoms with E-state index in [4.69, 9.17) is 4.74 Å². The molecule has 0 aliphatic carbocycles. The largest absolute Gasteiger partial charge is 0.378 e. The normalized spacial score (nSPS) is 18.3. The van der Waals surface area contributed by atoms with E-state index < -0.39 is 26.8 Å². The molecule has 8 nitrogen and oxygen atoms in total. The number of nitrogens with one attached hydrogen (secondary N) is 1. The van der Waals surface area contributed by atoms with Crippen molar-refractivity contribution in [1.29, 1.82) is 0 Å². The summed E-state index contributed by atoms with van der Waals surface area (Å²) >= 11 is 0. The van der Waals surface area contributed by atoms with Gasteiger partial charge < -0.3 is 10.1 Å². The standard InChI is InChI=1S/C17H21FN4O4S/c18-15-4-1-2-5-16(15)27(24,25)22-10-11-26-13-14(22)12-17(23)19-7-9-21-8-3-6-20-21/h1-6,8,14H,7,9-13H2,(H,19,23). The van der Waals surface area contributed by atoms with Gasteiger partial charge in [-0.1, -0.05) is 12.1 Å². The molecule has 146 valence electrons. The summed E-state index contributed by atoms with van der Waals surface area (Å²) in [6, 6.07) is 6.32. The molecule has 0 spiro atoms. The molecule has 1 aliphatic rings. The number of halogens is 1. The Morgan fingerprint density at radius 3 is 2.89 bits per heavy atom. The molecule has 3 rings (SSSR count). The van der Waals surface area contributed by atoms with Gasteiger partial charge in [-0.05, 0) is 18.2 Å². The average molecular weight is 396 g/mol. The van der Waals surface area contributed by atoms with E-state index in [9.17, 15) is 17.6 Å². The van der Waals surface area contributed by atoms with E-state index in [2.05, 4.69) is 10.4 Å². The molecule has 1 N–H and O–H groups in total. The maximum atomic E-state index is 14.0. The molecule has 0 radical (unpaired) electrons. The highest BCUT2D eigenvalue weighted by molar-refractivity contribution is 7.89. The number of carbonyl (C=O) groups excluding carboxylic acids is 1. The van der Waals surface area contributed by atoms with Crippen LogP contribution in [0.1, 0.15) is 6.42 Å². The lowest BCUT2D eigenvalue weighted by molar-refractivity contribution is -0.123. The summed E-state index contributed by atoms with van der Waals surface area (Å²) < 4.78 is 47.9. The Kier molecular flexibility index (Phi) is 6.19. The predicted molar refractivity (Wildman–Crippen MR) is 94.8 cm³/mol. The van der Waals surface area contributed by atoms with Crippen LogP contribution >= 0.6 is 0 Å². The van der Waals surface area contributed by atoms with Crippen molar-refractivity contribution in [3.63, 3.8) is 0 Å². The van der Waals surface area contributed by atoms with Crippen LogP contribution < -0.4 is 5.32 Å². The molecule has 1 aromatic carbocycles. The van der Waals surface area contributed by atoms with Crippen LogP contribution in [0, 0.1) is 5.82 Å². The molecule has 10 heteroatoms. The maximum absolute atomic E-state index is 14.0. The zero-order chi connectivity index (χ0) is 19.3. The first-order valence-corrected chi connectivity index (χ1v) is 10.0. The fraction of sp³-hybridized carbons (Fsp3) is 0.412. The molecule has 0 saturated carbocycles. The molecule has 1 fully saturated rings. The third kappa shape index (κ3) is 4.71. The number of rotatable bonds is 7. The summed E-state index contributed by atoms with van der Waals surface area (Å²) in [6.45, 7) is 1.23. The van der Waals surface area contributed by atoms with Crippen LogP contribution in [0.5, 0.6) is 0 Å². The molecule has 1 aliphatic heterocycles. The first-order valence-electron chi connectivity index (χ1n) is 8.57. The van der Waals surface area contributed by atoms with Crippen LogP contribution in [0.25, 0.3) is 0 Å². The number of aromatic nitrogens is 2. The Hall–Kier alpha value is -2.30. The summed E-state index contributed by atoms with van der Waals surface area (Å²) in [5.41, 5.74) is 0. The number of carbonyl (C=O) groups is 1. The summed E-state index contributed by atoms with van der Waals surface area (Å²) in [5.74, 6) is -1.11. The molecule has 1 atom stereocenters. The number of benzene rings is 1. The van der Waals surface area contributed by atoms with Gasteiger partial charge >= 0.3 is 0 Å². The van der Waals surface area contributed by atoms with Gasteiger partial charge in [-0.3, -0.25) is 9.48 Å². The van der Waals surface area contributed by atoms with E-state index in [1.54, 1.807) is 23.1 Å². The van der Waals surface area contributed by atoms with Crippen molar-refractivity contribution in [2.24, 2.45) is 0 Å². The maximum Gasteiger partial charge on any atom is 0.246 e. The highest BCUT2D eigenvalue weighted by Gasteiger charge is 2.36. The third-order valence-corrected chi connectivity index (χ3v) is 6.23. The highest BCUT2D eigenvalue weighted by Crippen LogP contribution is 2.24. The lowest BCUT2D eigenvalue weighted by atomic mass is 10.2. The van der Waals surface area contributed by atoms with Crippen molar-refractivity contribution in [1.82, 2.24) is 19.4 Å². The minimum absolute atomic E-state index is 0.0627. The van der Waals surface area contributed by atoms with Crippen molar-refractivity contribution < 1.29 is 22.3 Å². The quantitative estimate of drug-likeness (QED) is 0.741. The van der Waals surface area contributed by atoms with Crippen LogP contribution in [0.4, 0.5) is 4.39 Å². The van der Waals surface area contributed by atoms with E-state index >= 15 is 0 Å². The number of morpholine rings is 1. The lowest BCUT2D eigenvalue weighted by Crippen LogP contribution is -2.50. The zero-order valence-electron chi connectivity index (χ0n) is 14.6. The number of nitrogens with zero attached hydrogens (tertiary/aromatic N) is 3. The van der Waals surface area contributed by atoms with Crippen LogP contribution in [0.2, 0.25) is 0 Å². The zero-order valence-corrected chi connectivity index (χ0v) is 15.4. The summed E-state index contributed by atoms with van der Waals surface area (Å²) in [6.07, 6.45) is 3.36. The Morgan fingerprint density at radius 1 is 1.33 bits per heavy atom. The van der Waals surface area contributed by atoms with Gasteiger partial charge in [-0.15, -0.1) is 0 Å². The second-order valence-electron chi connectivity index (χ2n) is 6.10. The molecule has 1 amide bonds. The van der Waals surface area contributed by atoms with Gasteiger partial charge in [0, 0.05) is 31.9 Å². The number of ether oxygens (including phenoxy) is 1. The fourth-order valence-electron chi connectivity index (χ4n) is 2.93. The first-order chi connectivity index (χ1) is 13.0. The Balaban J connectivity index is 1.64. The van der Waals surface area contributed by atoms with Crippen molar-refractivity contribution in [3.8, 4) is 0 Å². The second kappa shape index (κ2) is 8.59. The summed E-state index contributed by atoms with van der Waals surface area (Å²) in [7, 11) is -4.06. The van der Waals surface area contributed by atoms with Gasteiger partial charge in [0.05, 0.1) is 25.8 Å². The van der Waals surface area contributed by atoms with Crippen molar-refractivity contribution in [3.05, 3.63) is 48.5 Å². The molecule has 1 unspecified atom stereocenters. The number of sulfonamides is 1. The smallest absolute Gasteiger partial charge is 0.246 e. The van der Waals surface area contributed by atoms with Crippen molar-refractivity contribution in [2.75, 3.05) is 26.3 Å². The molecule has 1 saturated heterocycles. The fourth-order valence-corrected chi connectivity index (χ4v) is 4.59. The van der Waals surface area contributed by atoms with Crippen molar-refractivity contribution >= 4 is 15.9 Å². The topological polar surface area (TPSA) is 93.5 Å². The van der Waals surface area contributed by atoms with Gasteiger partial charge in [-0.2, -0.15) is 9.40 Å². The van der Waals surface area contributed by atoms with Gasteiger partial charge in [0.1, 0.15) is 10.7 Å². The minimum Gasteiger partial charge on any atom is -0.378 e. The van der Waals surface area contributed by atoms with Gasteiger partial charge in [-0.25, -0.2) is 12.8 Å². The SMILES string of the molecule is O=C(CC1COCCN1S(=O)(=O)c1ccccc1F)NCCn1cccn1.